The fourth-order valence-corrected chi connectivity index (χ4v) is 4.91. The maximum atomic E-state index is 5.69. The van der Waals surface area contributed by atoms with Crippen molar-refractivity contribution in [2.45, 2.75) is 27.8 Å². The van der Waals surface area contributed by atoms with Gasteiger partial charge in [-0.05, 0) is 0 Å². The van der Waals surface area contributed by atoms with Crippen molar-refractivity contribution in [1.82, 2.24) is 4.98 Å². The second kappa shape index (κ2) is 7.23. The van der Waals surface area contributed by atoms with Crippen molar-refractivity contribution >= 4 is 22.0 Å². The predicted octanol–water partition coefficient (Wildman–Crippen LogP) is 3.39. The number of hydrogen-bond donors (Lipinski definition) is 0. The van der Waals surface area contributed by atoms with Crippen LogP contribution >= 0.6 is 0 Å². The molecule has 2 aromatic rings. The van der Waals surface area contributed by atoms with Gasteiger partial charge in [-0.2, -0.15) is 0 Å². The van der Waals surface area contributed by atoms with E-state index in [1.807, 2.05) is 18.2 Å². The number of aromatic nitrogens is 1. The minimum atomic E-state index is -1.95. The molecule has 106 valence electrons. The molecule has 0 amide bonds. The number of pyridine rings is 1. The predicted molar refractivity (Wildman–Crippen MR) is 87.0 cm³/mol. The third-order valence-corrected chi connectivity index (χ3v) is 9.09. The molecule has 2 rings (SSSR count). The van der Waals surface area contributed by atoms with Gasteiger partial charge >= 0.3 is 126 Å². The third-order valence-electron chi connectivity index (χ3n) is 3.30. The van der Waals surface area contributed by atoms with E-state index < -0.39 is 18.4 Å². The van der Waals surface area contributed by atoms with Gasteiger partial charge in [0, 0.05) is 0 Å². The summed E-state index contributed by atoms with van der Waals surface area (Å²) < 4.78 is 7.17. The van der Waals surface area contributed by atoms with Crippen LogP contribution in [0.5, 0.6) is 0 Å². The topological polar surface area (TPSA) is 22.1 Å². The Balaban J connectivity index is 1.77. The molecule has 0 radical (unpaired) electrons. The van der Waals surface area contributed by atoms with E-state index in [-0.39, 0.29) is 0 Å². The standard InChI is InChI=1S/C14H14NO.3CH3.Sn/c1-2-6-13(7-3-1)12-16-11-9-14-8-4-5-10-15-14;;;;/h1-4,6-8,10H,9,11-12H2;3*1H3;. The summed E-state index contributed by atoms with van der Waals surface area (Å²) in [4.78, 5) is 11.8. The zero-order valence-corrected chi connectivity index (χ0v) is 15.4. The summed E-state index contributed by atoms with van der Waals surface area (Å²) in [5.41, 5.74) is 2.34. The summed E-state index contributed by atoms with van der Waals surface area (Å²) in [6, 6.07) is 14.7. The van der Waals surface area contributed by atoms with Crippen LogP contribution in [0.15, 0.2) is 48.7 Å². The summed E-state index contributed by atoms with van der Waals surface area (Å²) in [7, 11) is 0. The molecule has 2 nitrogen and oxygen atoms in total. The normalized spacial score (nSPS) is 11.6. The Labute approximate surface area is 126 Å². The summed E-state index contributed by atoms with van der Waals surface area (Å²) in [6.45, 7) is 1.40. The Morgan fingerprint density at radius 1 is 1.00 bits per heavy atom. The van der Waals surface area contributed by atoms with E-state index in [1.165, 1.54) is 9.14 Å². The van der Waals surface area contributed by atoms with Crippen LogP contribution < -0.4 is 3.58 Å². The monoisotopic (exact) mass is 377 g/mol. The van der Waals surface area contributed by atoms with Gasteiger partial charge < -0.3 is 0 Å². The van der Waals surface area contributed by atoms with Crippen LogP contribution in [-0.2, 0) is 17.8 Å². The van der Waals surface area contributed by atoms with Gasteiger partial charge in [-0.3, -0.25) is 0 Å². The Hall–Kier alpha value is -0.871. The van der Waals surface area contributed by atoms with Crippen molar-refractivity contribution in [2.24, 2.45) is 0 Å². The summed E-state index contributed by atoms with van der Waals surface area (Å²) in [5, 5.41) is 0. The molecule has 0 saturated carbocycles. The van der Waals surface area contributed by atoms with E-state index in [9.17, 15) is 0 Å². The quantitative estimate of drug-likeness (QED) is 0.570. The van der Waals surface area contributed by atoms with E-state index >= 15 is 0 Å². The molecule has 0 fully saturated rings. The van der Waals surface area contributed by atoms with Crippen molar-refractivity contribution in [1.29, 1.82) is 0 Å². The second-order valence-electron chi connectivity index (χ2n) is 6.08. The molecule has 0 spiro atoms. The molecule has 0 saturated heterocycles. The summed E-state index contributed by atoms with van der Waals surface area (Å²) in [6.07, 6.45) is 2.95. The molecule has 0 N–H and O–H groups in total. The Morgan fingerprint density at radius 3 is 2.35 bits per heavy atom. The molecule has 1 aromatic heterocycles. The molecule has 0 bridgehead atoms. The number of benzene rings is 1. The van der Waals surface area contributed by atoms with Crippen molar-refractivity contribution in [3.05, 3.63) is 59.9 Å². The van der Waals surface area contributed by atoms with Crippen molar-refractivity contribution < 1.29 is 4.74 Å². The molecular weight excluding hydrogens is 353 g/mol. The average Bonchev–Trinajstić information content (AvgIpc) is 2.44. The van der Waals surface area contributed by atoms with Crippen LogP contribution in [0.2, 0.25) is 14.8 Å². The molecule has 0 aliphatic rings. The first-order chi connectivity index (χ1) is 9.55. The van der Waals surface area contributed by atoms with Gasteiger partial charge in [0.25, 0.3) is 0 Å². The molecule has 0 aliphatic carbocycles. The van der Waals surface area contributed by atoms with Crippen LogP contribution in [0.3, 0.4) is 0 Å². The van der Waals surface area contributed by atoms with Crippen LogP contribution in [-0.4, -0.2) is 30.0 Å². The molecular formula is C17H23NOSn. The van der Waals surface area contributed by atoms with Crippen molar-refractivity contribution in [3.8, 4) is 0 Å². The second-order valence-corrected chi connectivity index (χ2v) is 20.6. The molecule has 1 aromatic carbocycles. The summed E-state index contributed by atoms with van der Waals surface area (Å²) in [5.74, 6) is 0. The van der Waals surface area contributed by atoms with E-state index in [0.29, 0.717) is 6.61 Å². The average molecular weight is 376 g/mol. The first-order valence-electron chi connectivity index (χ1n) is 7.13. The van der Waals surface area contributed by atoms with E-state index in [0.717, 1.165) is 18.7 Å². The van der Waals surface area contributed by atoms with Gasteiger partial charge in [0.1, 0.15) is 0 Å². The zero-order valence-electron chi connectivity index (χ0n) is 12.6. The Morgan fingerprint density at radius 2 is 1.75 bits per heavy atom. The number of hydrogen-bond acceptors (Lipinski definition) is 2. The van der Waals surface area contributed by atoms with Gasteiger partial charge in [0.2, 0.25) is 0 Å². The molecule has 0 atom stereocenters. The van der Waals surface area contributed by atoms with E-state index in [1.54, 1.807) is 0 Å². The first kappa shape index (κ1) is 15.5. The first-order valence-corrected chi connectivity index (χ1v) is 17.1. The minimum absolute atomic E-state index is 0.678. The summed E-state index contributed by atoms with van der Waals surface area (Å²) >= 11 is -1.95. The molecule has 20 heavy (non-hydrogen) atoms. The molecule has 0 unspecified atom stereocenters. The van der Waals surface area contributed by atoms with Crippen LogP contribution in [0.25, 0.3) is 0 Å². The van der Waals surface area contributed by atoms with Crippen molar-refractivity contribution in [2.75, 3.05) is 6.61 Å². The van der Waals surface area contributed by atoms with Crippen molar-refractivity contribution in [3.63, 3.8) is 0 Å². The number of ether oxygens (including phenoxy) is 1. The Kier molecular flexibility index (Phi) is 5.61. The van der Waals surface area contributed by atoms with Crippen LogP contribution in [0.4, 0.5) is 0 Å². The number of rotatable bonds is 6. The fraction of sp³-hybridized carbons (Fsp3) is 0.353. The molecule has 0 aliphatic heterocycles. The van der Waals surface area contributed by atoms with Gasteiger partial charge in [0.15, 0.2) is 0 Å². The van der Waals surface area contributed by atoms with Gasteiger partial charge in [0.05, 0.1) is 0 Å². The zero-order chi connectivity index (χ0) is 14.4. The van der Waals surface area contributed by atoms with E-state index in [4.69, 9.17) is 4.74 Å². The van der Waals surface area contributed by atoms with Gasteiger partial charge in [-0.1, -0.05) is 0 Å². The SMILES string of the molecule is [CH3][Sn]([CH3])([CH3])[c]1ccc(CCOCc2ccccc2)nc1. The molecule has 3 heteroatoms. The van der Waals surface area contributed by atoms with Crippen LogP contribution in [0, 0.1) is 0 Å². The van der Waals surface area contributed by atoms with Gasteiger partial charge in [-0.25, -0.2) is 0 Å². The third kappa shape index (κ3) is 4.91. The van der Waals surface area contributed by atoms with Gasteiger partial charge in [-0.15, -0.1) is 0 Å². The molecule has 1 heterocycles. The number of nitrogens with zero attached hydrogens (tertiary/aromatic N) is 1. The Bertz CT molecular complexity index is 517. The van der Waals surface area contributed by atoms with Crippen LogP contribution in [0.1, 0.15) is 11.3 Å². The maximum absolute atomic E-state index is 5.69. The van der Waals surface area contributed by atoms with E-state index in [2.05, 4.69) is 50.3 Å². The fourth-order valence-electron chi connectivity index (χ4n) is 1.96.